The summed E-state index contributed by atoms with van der Waals surface area (Å²) in [5.41, 5.74) is 2.78. The van der Waals surface area contributed by atoms with Crippen molar-refractivity contribution in [3.63, 3.8) is 0 Å². The fraction of sp³-hybridized carbons (Fsp3) is 0.500. The van der Waals surface area contributed by atoms with E-state index in [1.165, 1.54) is 17.5 Å². The Morgan fingerprint density at radius 3 is 2.31 bits per heavy atom. The zero-order valence-electron chi connectivity index (χ0n) is 8.80. The maximum Gasteiger partial charge on any atom is 0.00170 e. The molecule has 72 valence electrons. The van der Waals surface area contributed by atoms with E-state index in [0.29, 0.717) is 5.92 Å². The molecule has 1 N–H and O–H groups in total. The highest BCUT2D eigenvalue weighted by atomic mass is 14.8. The van der Waals surface area contributed by atoms with Crippen molar-refractivity contribution in [1.29, 1.82) is 0 Å². The van der Waals surface area contributed by atoms with E-state index in [9.17, 15) is 0 Å². The first-order chi connectivity index (χ1) is 6.27. The standard InChI is InChI=1S/C12H19N/c1-4-11(9-13-3)12-7-5-10(2)6-8-12/h5-8,11,13H,4,9H2,1-3H3. The molecule has 1 heteroatoms. The lowest BCUT2D eigenvalue weighted by molar-refractivity contribution is 0.611. The zero-order valence-corrected chi connectivity index (χ0v) is 8.80. The van der Waals surface area contributed by atoms with Crippen LogP contribution >= 0.6 is 0 Å². The Bertz CT molecular complexity index is 238. The number of nitrogens with one attached hydrogen (secondary N) is 1. The highest BCUT2D eigenvalue weighted by Gasteiger charge is 2.06. The van der Waals surface area contributed by atoms with Gasteiger partial charge in [-0.05, 0) is 31.9 Å². The van der Waals surface area contributed by atoms with E-state index in [0.717, 1.165) is 6.54 Å². The minimum Gasteiger partial charge on any atom is -0.319 e. The van der Waals surface area contributed by atoms with E-state index in [1.807, 2.05) is 7.05 Å². The first-order valence-corrected chi connectivity index (χ1v) is 4.99. The second-order valence-corrected chi connectivity index (χ2v) is 3.57. The van der Waals surface area contributed by atoms with Gasteiger partial charge in [-0.1, -0.05) is 36.8 Å². The highest BCUT2D eigenvalue weighted by molar-refractivity contribution is 5.24. The summed E-state index contributed by atoms with van der Waals surface area (Å²) in [6, 6.07) is 8.85. The Kier molecular flexibility index (Phi) is 3.97. The van der Waals surface area contributed by atoms with Gasteiger partial charge in [0.05, 0.1) is 0 Å². The normalized spacial score (nSPS) is 12.8. The number of hydrogen-bond acceptors (Lipinski definition) is 1. The molecule has 0 radical (unpaired) electrons. The molecule has 0 fully saturated rings. The lowest BCUT2D eigenvalue weighted by Crippen LogP contribution is -2.16. The second kappa shape index (κ2) is 5.03. The van der Waals surface area contributed by atoms with Crippen LogP contribution in [0, 0.1) is 6.92 Å². The summed E-state index contributed by atoms with van der Waals surface area (Å²) in [6.07, 6.45) is 1.20. The quantitative estimate of drug-likeness (QED) is 0.745. The van der Waals surface area contributed by atoms with Gasteiger partial charge in [-0.15, -0.1) is 0 Å². The van der Waals surface area contributed by atoms with E-state index in [1.54, 1.807) is 0 Å². The van der Waals surface area contributed by atoms with Crippen LogP contribution in [0.15, 0.2) is 24.3 Å². The second-order valence-electron chi connectivity index (χ2n) is 3.57. The summed E-state index contributed by atoms with van der Waals surface area (Å²) in [7, 11) is 2.01. The molecule has 0 spiro atoms. The van der Waals surface area contributed by atoms with E-state index >= 15 is 0 Å². The van der Waals surface area contributed by atoms with Gasteiger partial charge in [0.25, 0.3) is 0 Å². The van der Waals surface area contributed by atoms with Crippen LogP contribution in [0.1, 0.15) is 30.4 Å². The first kappa shape index (κ1) is 10.3. The summed E-state index contributed by atoms with van der Waals surface area (Å²) in [5, 5.41) is 3.23. The van der Waals surface area contributed by atoms with Crippen LogP contribution in [0.5, 0.6) is 0 Å². The van der Waals surface area contributed by atoms with Crippen molar-refractivity contribution in [3.8, 4) is 0 Å². The molecule has 1 rings (SSSR count). The first-order valence-electron chi connectivity index (χ1n) is 4.99. The van der Waals surface area contributed by atoms with Gasteiger partial charge in [-0.2, -0.15) is 0 Å². The monoisotopic (exact) mass is 177 g/mol. The number of likely N-dealkylation sites (N-methyl/N-ethyl adjacent to an activating group) is 1. The third kappa shape index (κ3) is 2.85. The van der Waals surface area contributed by atoms with Crippen molar-refractivity contribution in [2.45, 2.75) is 26.2 Å². The van der Waals surface area contributed by atoms with Gasteiger partial charge in [0.2, 0.25) is 0 Å². The third-order valence-corrected chi connectivity index (χ3v) is 2.49. The van der Waals surface area contributed by atoms with E-state index in [-0.39, 0.29) is 0 Å². The molecule has 0 aliphatic heterocycles. The minimum atomic E-state index is 0.658. The summed E-state index contributed by atoms with van der Waals surface area (Å²) < 4.78 is 0. The molecule has 1 unspecified atom stereocenters. The van der Waals surface area contributed by atoms with Gasteiger partial charge < -0.3 is 5.32 Å². The average molecular weight is 177 g/mol. The molecule has 0 saturated carbocycles. The number of benzene rings is 1. The summed E-state index contributed by atoms with van der Waals surface area (Å²) >= 11 is 0. The Labute approximate surface area is 81.2 Å². The largest absolute Gasteiger partial charge is 0.319 e. The maximum atomic E-state index is 3.23. The van der Waals surface area contributed by atoms with Gasteiger partial charge in [-0.3, -0.25) is 0 Å². The molecule has 0 bridgehead atoms. The van der Waals surface area contributed by atoms with Crippen LogP contribution in [0.2, 0.25) is 0 Å². The van der Waals surface area contributed by atoms with Crippen LogP contribution in [-0.4, -0.2) is 13.6 Å². The van der Waals surface area contributed by atoms with Gasteiger partial charge in [0.1, 0.15) is 0 Å². The molecular weight excluding hydrogens is 158 g/mol. The Balaban J connectivity index is 2.73. The van der Waals surface area contributed by atoms with Crippen LogP contribution in [0.25, 0.3) is 0 Å². The van der Waals surface area contributed by atoms with Crippen LogP contribution in [0.4, 0.5) is 0 Å². The Hall–Kier alpha value is -0.820. The molecular formula is C12H19N. The minimum absolute atomic E-state index is 0.658. The number of rotatable bonds is 4. The Morgan fingerprint density at radius 2 is 1.85 bits per heavy atom. The smallest absolute Gasteiger partial charge is 0.00170 e. The van der Waals surface area contributed by atoms with Crippen LogP contribution in [-0.2, 0) is 0 Å². The van der Waals surface area contributed by atoms with E-state index in [2.05, 4.69) is 43.4 Å². The predicted octanol–water partition coefficient (Wildman–Crippen LogP) is 2.71. The molecule has 0 aliphatic carbocycles. The Morgan fingerprint density at radius 1 is 1.23 bits per heavy atom. The molecule has 0 heterocycles. The average Bonchev–Trinajstić information content (AvgIpc) is 2.16. The van der Waals surface area contributed by atoms with Gasteiger partial charge in [0, 0.05) is 6.54 Å². The van der Waals surface area contributed by atoms with Crippen molar-refractivity contribution < 1.29 is 0 Å². The lowest BCUT2D eigenvalue weighted by atomic mass is 9.96. The topological polar surface area (TPSA) is 12.0 Å². The third-order valence-electron chi connectivity index (χ3n) is 2.49. The number of aryl methyl sites for hydroxylation is 1. The molecule has 0 amide bonds. The fourth-order valence-electron chi connectivity index (χ4n) is 1.58. The van der Waals surface area contributed by atoms with Crippen molar-refractivity contribution in [2.75, 3.05) is 13.6 Å². The summed E-state index contributed by atoms with van der Waals surface area (Å²) in [4.78, 5) is 0. The van der Waals surface area contributed by atoms with Crippen molar-refractivity contribution in [2.24, 2.45) is 0 Å². The molecule has 1 aromatic rings. The molecule has 0 saturated heterocycles. The van der Waals surface area contributed by atoms with Crippen molar-refractivity contribution >= 4 is 0 Å². The van der Waals surface area contributed by atoms with Crippen LogP contribution < -0.4 is 5.32 Å². The van der Waals surface area contributed by atoms with Crippen molar-refractivity contribution in [3.05, 3.63) is 35.4 Å². The molecule has 0 aliphatic rings. The SMILES string of the molecule is CCC(CNC)c1ccc(C)cc1. The molecule has 1 nitrogen and oxygen atoms in total. The molecule has 1 atom stereocenters. The van der Waals surface area contributed by atoms with Gasteiger partial charge >= 0.3 is 0 Å². The molecule has 13 heavy (non-hydrogen) atoms. The molecule has 1 aromatic carbocycles. The van der Waals surface area contributed by atoms with Gasteiger partial charge in [0.15, 0.2) is 0 Å². The van der Waals surface area contributed by atoms with Crippen molar-refractivity contribution in [1.82, 2.24) is 5.32 Å². The summed E-state index contributed by atoms with van der Waals surface area (Å²) in [6.45, 7) is 5.43. The highest BCUT2D eigenvalue weighted by Crippen LogP contribution is 2.18. The maximum absolute atomic E-state index is 3.23. The fourth-order valence-corrected chi connectivity index (χ4v) is 1.58. The predicted molar refractivity (Wildman–Crippen MR) is 58.1 cm³/mol. The van der Waals surface area contributed by atoms with E-state index in [4.69, 9.17) is 0 Å². The summed E-state index contributed by atoms with van der Waals surface area (Å²) in [5.74, 6) is 0.658. The van der Waals surface area contributed by atoms with Gasteiger partial charge in [-0.25, -0.2) is 0 Å². The number of hydrogen-bond donors (Lipinski definition) is 1. The van der Waals surface area contributed by atoms with E-state index < -0.39 is 0 Å². The zero-order chi connectivity index (χ0) is 9.68. The lowest BCUT2D eigenvalue weighted by Gasteiger charge is -2.14. The van der Waals surface area contributed by atoms with Crippen LogP contribution in [0.3, 0.4) is 0 Å². The molecule has 0 aromatic heterocycles.